The molecule has 0 bridgehead atoms. The van der Waals surface area contributed by atoms with E-state index in [1.807, 2.05) is 36.4 Å². The molecule has 2 nitrogen and oxygen atoms in total. The summed E-state index contributed by atoms with van der Waals surface area (Å²) in [6.45, 7) is 4.52. The summed E-state index contributed by atoms with van der Waals surface area (Å²) in [6, 6.07) is 14.8. The van der Waals surface area contributed by atoms with Crippen molar-refractivity contribution < 1.29 is 10.2 Å². The summed E-state index contributed by atoms with van der Waals surface area (Å²) in [6.07, 6.45) is 26.0. The van der Waals surface area contributed by atoms with Gasteiger partial charge < -0.3 is 10.2 Å². The molecule has 0 saturated heterocycles. The van der Waals surface area contributed by atoms with Crippen LogP contribution in [0.4, 0.5) is 0 Å². The average molecular weight is 632 g/mol. The Balaban J connectivity index is 0.000000682. The quantitative estimate of drug-likeness (QED) is 0.108. The average Bonchev–Trinajstić information content (AvgIpc) is 2.89. The fourth-order valence-electron chi connectivity index (χ4n) is 4.67. The van der Waals surface area contributed by atoms with Gasteiger partial charge in [-0.15, -0.1) is 11.5 Å². The second-order valence-electron chi connectivity index (χ2n) is 10.4. The number of para-hydroxylation sites is 2. The third-order valence-corrected chi connectivity index (χ3v) is 7.04. The van der Waals surface area contributed by atoms with Crippen LogP contribution in [-0.2, 0) is 12.8 Å². The van der Waals surface area contributed by atoms with E-state index in [9.17, 15) is 10.2 Å². The zero-order valence-electron chi connectivity index (χ0n) is 24.3. The molecule has 0 radical (unpaired) electrons. The first-order chi connectivity index (χ1) is 17.7. The van der Waals surface area contributed by atoms with E-state index < -0.39 is 0 Å². The Kier molecular flexibility index (Phi) is 26.9. The molecule has 0 amide bonds. The molecule has 3 heteroatoms. The van der Waals surface area contributed by atoms with Crippen LogP contribution in [0.15, 0.2) is 48.5 Å². The number of aryl methyl sites for hydroxylation is 2. The van der Waals surface area contributed by atoms with Crippen LogP contribution in [-0.4, -0.2) is 48.9 Å². The van der Waals surface area contributed by atoms with Gasteiger partial charge in [-0.25, -0.2) is 0 Å². The molecule has 204 valence electrons. The van der Waals surface area contributed by atoms with E-state index in [-0.39, 0.29) is 60.4 Å². The predicted molar refractivity (Wildman–Crippen MR) is 159 cm³/mol. The SMILES string of the molecule is CCCCCCCCCCCc1ccccc1[O-].CCCCCCCCCCCc1ccccc1[O-].[Ba+2]. The van der Waals surface area contributed by atoms with E-state index in [0.29, 0.717) is 0 Å². The standard InChI is InChI=1S/2C17H28O.Ba/c2*1-2-3-4-5-6-7-8-9-10-13-16-14-11-12-15-17(16)18;/h2*11-12,14-15,18H,2-10,13H2,1H3;/q;;+2/p-2. The summed E-state index contributed by atoms with van der Waals surface area (Å²) in [4.78, 5) is 0. The van der Waals surface area contributed by atoms with Crippen molar-refractivity contribution in [1.29, 1.82) is 0 Å². The Morgan fingerprint density at radius 3 is 0.973 bits per heavy atom. The minimum absolute atomic E-state index is 0. The summed E-state index contributed by atoms with van der Waals surface area (Å²) in [5.74, 6) is 0.411. The Morgan fingerprint density at radius 1 is 0.405 bits per heavy atom. The molecule has 0 spiro atoms. The number of benzene rings is 2. The molecule has 0 atom stereocenters. The van der Waals surface area contributed by atoms with Crippen molar-refractivity contribution in [3.8, 4) is 11.5 Å². The van der Waals surface area contributed by atoms with Crippen molar-refractivity contribution in [2.75, 3.05) is 0 Å². The van der Waals surface area contributed by atoms with Gasteiger partial charge in [0.15, 0.2) is 0 Å². The molecule has 0 aliphatic carbocycles. The fraction of sp³-hybridized carbons (Fsp3) is 0.647. The molecule has 2 aromatic rings. The summed E-state index contributed by atoms with van der Waals surface area (Å²) >= 11 is 0. The molecular formula is C34H54BaO2. The Hall–Kier alpha value is -0.389. The number of rotatable bonds is 20. The van der Waals surface area contributed by atoms with Gasteiger partial charge in [0, 0.05) is 0 Å². The number of unbranched alkanes of at least 4 members (excludes halogenated alkanes) is 16. The first-order valence-electron chi connectivity index (χ1n) is 15.2. The van der Waals surface area contributed by atoms with Crippen LogP contribution < -0.4 is 10.2 Å². The van der Waals surface area contributed by atoms with Gasteiger partial charge in [-0.1, -0.05) is 176 Å². The van der Waals surface area contributed by atoms with E-state index in [0.717, 1.165) is 36.8 Å². The van der Waals surface area contributed by atoms with E-state index in [1.54, 1.807) is 12.1 Å². The molecule has 0 unspecified atom stereocenters. The molecular weight excluding hydrogens is 578 g/mol. The van der Waals surface area contributed by atoms with Crippen molar-refractivity contribution in [3.63, 3.8) is 0 Å². The maximum absolute atomic E-state index is 11.5. The smallest absolute Gasteiger partial charge is 0.872 e. The normalized spacial score (nSPS) is 10.4. The van der Waals surface area contributed by atoms with Crippen molar-refractivity contribution in [2.45, 2.75) is 142 Å². The third kappa shape index (κ3) is 21.2. The molecule has 0 fully saturated rings. The van der Waals surface area contributed by atoms with Crippen molar-refractivity contribution >= 4 is 48.9 Å². The van der Waals surface area contributed by atoms with Gasteiger partial charge in [-0.2, -0.15) is 0 Å². The van der Waals surface area contributed by atoms with E-state index >= 15 is 0 Å². The van der Waals surface area contributed by atoms with Crippen LogP contribution in [0.3, 0.4) is 0 Å². The first-order valence-corrected chi connectivity index (χ1v) is 15.2. The van der Waals surface area contributed by atoms with Gasteiger partial charge in [0.25, 0.3) is 0 Å². The summed E-state index contributed by atoms with van der Waals surface area (Å²) < 4.78 is 0. The minimum Gasteiger partial charge on any atom is -0.872 e. The van der Waals surface area contributed by atoms with E-state index in [2.05, 4.69) is 13.8 Å². The second kappa shape index (κ2) is 27.2. The molecule has 2 aromatic carbocycles. The van der Waals surface area contributed by atoms with Gasteiger partial charge in [-0.05, 0) is 25.7 Å². The second-order valence-corrected chi connectivity index (χ2v) is 10.4. The van der Waals surface area contributed by atoms with Crippen LogP contribution in [0.2, 0.25) is 0 Å². The van der Waals surface area contributed by atoms with Crippen LogP contribution >= 0.6 is 0 Å². The molecule has 0 N–H and O–H groups in total. The molecule has 37 heavy (non-hydrogen) atoms. The van der Waals surface area contributed by atoms with Crippen molar-refractivity contribution in [1.82, 2.24) is 0 Å². The minimum atomic E-state index is 0. The predicted octanol–water partition coefficient (Wildman–Crippen LogP) is 9.29. The Morgan fingerprint density at radius 2 is 0.676 bits per heavy atom. The Labute approximate surface area is 270 Å². The molecule has 0 heterocycles. The summed E-state index contributed by atoms with van der Waals surface area (Å²) in [5.41, 5.74) is 1.97. The summed E-state index contributed by atoms with van der Waals surface area (Å²) in [5, 5.41) is 23.0. The Bertz CT molecular complexity index is 683. The molecule has 0 saturated carbocycles. The maximum Gasteiger partial charge on any atom is 2.00 e. The molecule has 0 aliphatic rings. The van der Waals surface area contributed by atoms with Gasteiger partial charge >= 0.3 is 48.9 Å². The largest absolute Gasteiger partial charge is 2.00 e. The van der Waals surface area contributed by atoms with Crippen LogP contribution in [0.5, 0.6) is 11.5 Å². The zero-order chi connectivity index (χ0) is 26.1. The van der Waals surface area contributed by atoms with Crippen LogP contribution in [0, 0.1) is 0 Å². The number of hydrogen-bond donors (Lipinski definition) is 0. The van der Waals surface area contributed by atoms with Gasteiger partial charge in [0.05, 0.1) is 0 Å². The van der Waals surface area contributed by atoms with E-state index in [1.165, 1.54) is 103 Å². The van der Waals surface area contributed by atoms with Gasteiger partial charge in [0.2, 0.25) is 0 Å². The van der Waals surface area contributed by atoms with Crippen molar-refractivity contribution in [3.05, 3.63) is 59.7 Å². The first kappa shape index (κ1) is 36.6. The summed E-state index contributed by atoms with van der Waals surface area (Å²) in [7, 11) is 0. The number of hydrogen-bond acceptors (Lipinski definition) is 2. The monoisotopic (exact) mass is 632 g/mol. The molecule has 0 aromatic heterocycles. The molecule has 0 aliphatic heterocycles. The van der Waals surface area contributed by atoms with Crippen LogP contribution in [0.25, 0.3) is 0 Å². The third-order valence-electron chi connectivity index (χ3n) is 7.04. The molecule has 2 rings (SSSR count). The maximum atomic E-state index is 11.5. The van der Waals surface area contributed by atoms with Gasteiger partial charge in [-0.3, -0.25) is 0 Å². The zero-order valence-corrected chi connectivity index (χ0v) is 28.7. The van der Waals surface area contributed by atoms with Crippen molar-refractivity contribution in [2.24, 2.45) is 0 Å². The van der Waals surface area contributed by atoms with E-state index in [4.69, 9.17) is 0 Å². The van der Waals surface area contributed by atoms with Crippen LogP contribution in [0.1, 0.15) is 141 Å². The topological polar surface area (TPSA) is 46.1 Å². The van der Waals surface area contributed by atoms with Gasteiger partial charge in [0.1, 0.15) is 0 Å². The fourth-order valence-corrected chi connectivity index (χ4v) is 4.67.